The number of aromatic nitrogens is 1. The standard InChI is InChI=1S/C59H49N5O2/c1-37(2)51-53(55(66)64(6)54(51)65)38(3)52-39(4)63(5)50-27-41(17-26-49(50)52)8-7-40-9-18-45(19-10-40)56-31-57(46-20-11-42(28-60)12-21-46)34-58(32-56,47-22-13-43(29-61)14-23-47)36-59(33-56,35-57)48-24-15-44(30-62)16-25-48/h9-27H,31-36H2,1-6H3/b53-38+. The van der Waals surface area contributed by atoms with Crippen molar-refractivity contribution >= 4 is 28.3 Å². The maximum atomic E-state index is 13.4. The monoisotopic (exact) mass is 859 g/mol. The number of likely N-dealkylation sites (tertiary alicyclic amines) is 1. The van der Waals surface area contributed by atoms with Crippen LogP contribution in [0.3, 0.4) is 0 Å². The molecule has 7 heteroatoms. The van der Waals surface area contributed by atoms with Gasteiger partial charge in [-0.2, -0.15) is 15.8 Å². The number of fused-ring (bicyclic) bond motifs is 1. The van der Waals surface area contributed by atoms with E-state index in [2.05, 4.69) is 107 Å². The Balaban J connectivity index is 1.05. The molecule has 0 unspecified atom stereocenters. The van der Waals surface area contributed by atoms with Crippen LogP contribution in [0.1, 0.15) is 121 Å². The number of hydrogen-bond donors (Lipinski definition) is 0. The molecule has 0 radical (unpaired) electrons. The number of likely N-dealkylation sites (N-methyl/N-ethyl adjacent to an activating group) is 1. The van der Waals surface area contributed by atoms with Crippen LogP contribution in [0.25, 0.3) is 16.5 Å². The molecule has 7 nitrogen and oxygen atoms in total. The molecule has 0 atom stereocenters. The van der Waals surface area contributed by atoms with Gasteiger partial charge >= 0.3 is 0 Å². The van der Waals surface area contributed by atoms with Gasteiger partial charge in [-0.25, -0.2) is 0 Å². The molecule has 1 aromatic heterocycles. The molecule has 322 valence electrons. The summed E-state index contributed by atoms with van der Waals surface area (Å²) in [6.07, 6.45) is 5.82. The van der Waals surface area contributed by atoms with Crippen molar-refractivity contribution in [3.8, 4) is 30.0 Å². The Kier molecular flexibility index (Phi) is 9.73. The van der Waals surface area contributed by atoms with Crippen molar-refractivity contribution < 1.29 is 9.59 Å². The fraction of sp³-hybridized carbons (Fsp3) is 0.271. The zero-order valence-electron chi connectivity index (χ0n) is 38.3. The summed E-state index contributed by atoms with van der Waals surface area (Å²) in [6, 6.07) is 47.0. The summed E-state index contributed by atoms with van der Waals surface area (Å²) >= 11 is 0. The van der Waals surface area contributed by atoms with Gasteiger partial charge in [0.25, 0.3) is 11.8 Å². The summed E-state index contributed by atoms with van der Waals surface area (Å²) in [5.74, 6) is 6.37. The van der Waals surface area contributed by atoms with Crippen LogP contribution >= 0.6 is 0 Å². The third-order valence-corrected chi connectivity index (χ3v) is 15.8. The highest BCUT2D eigenvalue weighted by Crippen LogP contribution is 2.74. The molecule has 0 N–H and O–H groups in total. The lowest BCUT2D eigenvalue weighted by Crippen LogP contribution is -2.67. The number of carbonyl (C=O) groups is 2. The van der Waals surface area contributed by atoms with E-state index in [9.17, 15) is 25.4 Å². The first-order valence-electron chi connectivity index (χ1n) is 22.6. The highest BCUT2D eigenvalue weighted by molar-refractivity contribution is 6.28. The van der Waals surface area contributed by atoms with Gasteiger partial charge in [-0.1, -0.05) is 72.0 Å². The van der Waals surface area contributed by atoms with E-state index in [4.69, 9.17) is 0 Å². The summed E-state index contributed by atoms with van der Waals surface area (Å²) in [4.78, 5) is 27.7. The smallest absolute Gasteiger partial charge is 0.261 e. The fourth-order valence-electron chi connectivity index (χ4n) is 13.3. The minimum Gasteiger partial charge on any atom is -0.347 e. The molecule has 2 amide bonds. The summed E-state index contributed by atoms with van der Waals surface area (Å²) < 4.78 is 2.13. The average molecular weight is 860 g/mol. The Hall–Kier alpha value is -7.71. The van der Waals surface area contributed by atoms with Crippen LogP contribution in [0.5, 0.6) is 0 Å². The maximum absolute atomic E-state index is 13.4. The van der Waals surface area contributed by atoms with Crippen molar-refractivity contribution in [2.45, 2.75) is 87.9 Å². The molecule has 4 aliphatic carbocycles. The topological polar surface area (TPSA) is 114 Å². The normalized spacial score (nSPS) is 24.7. The summed E-state index contributed by atoms with van der Waals surface area (Å²) in [6.45, 7) is 7.75. The number of benzene rings is 5. The van der Waals surface area contributed by atoms with Gasteiger partial charge in [-0.15, -0.1) is 0 Å². The van der Waals surface area contributed by atoms with E-state index in [1.807, 2.05) is 77.2 Å². The van der Waals surface area contributed by atoms with Crippen LogP contribution in [0, 0.1) is 52.8 Å². The third kappa shape index (κ3) is 6.38. The first-order chi connectivity index (χ1) is 31.7. The number of carbonyl (C=O) groups excluding carboxylic acids is 2. The molecule has 5 aromatic carbocycles. The molecule has 6 aromatic rings. The number of rotatable bonds is 5. The zero-order chi connectivity index (χ0) is 46.3. The first kappa shape index (κ1) is 42.3. The minimum absolute atomic E-state index is 0.194. The third-order valence-electron chi connectivity index (χ3n) is 15.8. The van der Waals surface area contributed by atoms with Gasteiger partial charge in [-0.3, -0.25) is 14.5 Å². The maximum Gasteiger partial charge on any atom is 0.261 e. The molecular weight excluding hydrogens is 811 g/mol. The second-order valence-electron chi connectivity index (χ2n) is 19.9. The molecule has 5 aliphatic rings. The molecule has 4 bridgehead atoms. The predicted octanol–water partition coefficient (Wildman–Crippen LogP) is 11.0. The van der Waals surface area contributed by atoms with E-state index in [0.717, 1.165) is 83.0 Å². The number of nitriles is 3. The molecule has 1 aliphatic heterocycles. The predicted molar refractivity (Wildman–Crippen MR) is 257 cm³/mol. The van der Waals surface area contributed by atoms with Crippen molar-refractivity contribution in [2.24, 2.45) is 7.05 Å². The highest BCUT2D eigenvalue weighted by atomic mass is 16.2. The average Bonchev–Trinajstić information content (AvgIpc) is 3.72. The summed E-state index contributed by atoms with van der Waals surface area (Å²) in [7, 11) is 3.57. The van der Waals surface area contributed by atoms with Crippen LogP contribution in [0.15, 0.2) is 132 Å². The Bertz CT molecular complexity index is 3140. The van der Waals surface area contributed by atoms with Crippen LogP contribution in [0.2, 0.25) is 0 Å². The Morgan fingerprint density at radius 2 is 0.848 bits per heavy atom. The SMILES string of the molecule is CC(C)=C1C(=O)N(C)C(=O)/C1=C(\C)c1c(C)n(C)c2cc(C#Cc3ccc(C45CC6(c7ccc(C#N)cc7)CC(c7ccc(C#N)cc7)(CC(c7ccc(C#N)cc7)(C6)C4)C5)cc3)ccc12. The summed E-state index contributed by atoms with van der Waals surface area (Å²) in [5, 5.41) is 30.3. The number of amides is 2. The summed E-state index contributed by atoms with van der Waals surface area (Å²) in [5.41, 5.74) is 13.6. The zero-order valence-corrected chi connectivity index (χ0v) is 38.3. The Morgan fingerprint density at radius 1 is 0.500 bits per heavy atom. The minimum atomic E-state index is -0.274. The second-order valence-corrected chi connectivity index (χ2v) is 19.9. The van der Waals surface area contributed by atoms with Gasteiger partial charge in [-0.05, 0) is 176 Å². The van der Waals surface area contributed by atoms with Crippen molar-refractivity contribution in [3.63, 3.8) is 0 Å². The van der Waals surface area contributed by atoms with E-state index in [0.29, 0.717) is 27.8 Å². The molecule has 0 spiro atoms. The number of imide groups is 1. The van der Waals surface area contributed by atoms with Crippen LogP contribution in [-0.2, 0) is 38.3 Å². The number of hydrogen-bond acceptors (Lipinski definition) is 5. The highest BCUT2D eigenvalue weighted by Gasteiger charge is 2.69. The van der Waals surface area contributed by atoms with E-state index >= 15 is 0 Å². The van der Waals surface area contributed by atoms with Gasteiger partial charge in [0, 0.05) is 47.4 Å². The first-order valence-corrected chi connectivity index (χ1v) is 22.6. The van der Waals surface area contributed by atoms with Gasteiger partial charge in [0.2, 0.25) is 0 Å². The van der Waals surface area contributed by atoms with Crippen molar-refractivity contribution in [1.29, 1.82) is 15.8 Å². The Labute approximate surface area is 386 Å². The lowest BCUT2D eigenvalue weighted by atomic mass is 9.32. The lowest BCUT2D eigenvalue weighted by molar-refractivity contribution is -0.134. The van der Waals surface area contributed by atoms with Gasteiger partial charge in [0.05, 0.1) is 46.0 Å². The second kappa shape index (κ2) is 15.2. The van der Waals surface area contributed by atoms with E-state index in [1.54, 1.807) is 7.05 Å². The van der Waals surface area contributed by atoms with Gasteiger partial charge < -0.3 is 4.57 Å². The van der Waals surface area contributed by atoms with Crippen LogP contribution in [-0.4, -0.2) is 28.3 Å². The van der Waals surface area contributed by atoms with Crippen molar-refractivity contribution in [2.75, 3.05) is 7.05 Å². The molecular formula is C59H49N5O2. The lowest BCUT2D eigenvalue weighted by Gasteiger charge is -2.71. The molecule has 1 saturated heterocycles. The molecule has 11 rings (SSSR count). The number of allylic oxidation sites excluding steroid dienone is 2. The molecule has 66 heavy (non-hydrogen) atoms. The molecule has 2 heterocycles. The number of aryl methyl sites for hydroxylation is 1. The van der Waals surface area contributed by atoms with E-state index < -0.39 is 0 Å². The number of nitrogens with zero attached hydrogens (tertiary/aromatic N) is 5. The molecule has 4 saturated carbocycles. The quantitative estimate of drug-likeness (QED) is 0.0973. The molecule has 5 fully saturated rings. The largest absolute Gasteiger partial charge is 0.347 e. The van der Waals surface area contributed by atoms with Gasteiger partial charge in [0.15, 0.2) is 0 Å². The van der Waals surface area contributed by atoms with Crippen LogP contribution < -0.4 is 0 Å². The van der Waals surface area contributed by atoms with E-state index in [-0.39, 0.29) is 33.5 Å². The van der Waals surface area contributed by atoms with Crippen molar-refractivity contribution in [3.05, 3.63) is 193 Å². The van der Waals surface area contributed by atoms with Crippen LogP contribution in [0.4, 0.5) is 0 Å². The van der Waals surface area contributed by atoms with Crippen molar-refractivity contribution in [1.82, 2.24) is 9.47 Å². The van der Waals surface area contributed by atoms with E-state index in [1.165, 1.54) is 27.2 Å². The Morgan fingerprint density at radius 3 is 1.23 bits per heavy atom. The fourth-order valence-corrected chi connectivity index (χ4v) is 13.3. The van der Waals surface area contributed by atoms with Gasteiger partial charge in [0.1, 0.15) is 0 Å².